The Hall–Kier alpha value is -2.18. The van der Waals surface area contributed by atoms with Crippen molar-refractivity contribution in [2.45, 2.75) is 19.6 Å². The van der Waals surface area contributed by atoms with Crippen LogP contribution in [0.4, 0.5) is 8.78 Å². The molecule has 7 heteroatoms. The summed E-state index contributed by atoms with van der Waals surface area (Å²) in [6.07, 6.45) is 0.138. The van der Waals surface area contributed by atoms with Gasteiger partial charge in [0.15, 0.2) is 0 Å². The van der Waals surface area contributed by atoms with Gasteiger partial charge in [0.25, 0.3) is 0 Å². The predicted molar refractivity (Wildman–Crippen MR) is 68.6 cm³/mol. The zero-order valence-corrected chi connectivity index (χ0v) is 11.4. The second-order valence-corrected chi connectivity index (χ2v) is 4.72. The number of esters is 1. The first-order valence-corrected chi connectivity index (χ1v) is 6.39. The van der Waals surface area contributed by atoms with Crippen LogP contribution in [0.2, 0.25) is 0 Å². The van der Waals surface area contributed by atoms with Crippen molar-refractivity contribution in [3.63, 3.8) is 0 Å². The third-order valence-corrected chi connectivity index (χ3v) is 3.27. The lowest BCUT2D eigenvalue weighted by Gasteiger charge is -2.16. The average Bonchev–Trinajstić information content (AvgIpc) is 2.81. The van der Waals surface area contributed by atoms with Crippen molar-refractivity contribution in [1.29, 1.82) is 0 Å². The van der Waals surface area contributed by atoms with Gasteiger partial charge >= 0.3 is 12.6 Å². The van der Waals surface area contributed by atoms with Crippen molar-refractivity contribution in [2.24, 2.45) is 5.92 Å². The molecule has 0 bridgehead atoms. The van der Waals surface area contributed by atoms with Gasteiger partial charge in [-0.25, -0.2) is 0 Å². The van der Waals surface area contributed by atoms with E-state index in [1.807, 2.05) is 0 Å². The molecule has 0 saturated carbocycles. The fourth-order valence-electron chi connectivity index (χ4n) is 2.25. The highest BCUT2D eigenvalue weighted by Gasteiger charge is 2.34. The molecule has 1 heterocycles. The van der Waals surface area contributed by atoms with Crippen molar-refractivity contribution >= 4 is 11.9 Å². The van der Waals surface area contributed by atoms with E-state index in [-0.39, 0.29) is 18.1 Å². The summed E-state index contributed by atoms with van der Waals surface area (Å²) in [5.41, 5.74) is 0.774. The molecule has 1 unspecified atom stereocenters. The molecule has 1 aliphatic rings. The van der Waals surface area contributed by atoms with Crippen LogP contribution in [-0.4, -0.2) is 37.0 Å². The number of hydrogen-bond acceptors (Lipinski definition) is 4. The second-order valence-electron chi connectivity index (χ2n) is 4.72. The summed E-state index contributed by atoms with van der Waals surface area (Å²) < 4.78 is 32.9. The lowest BCUT2D eigenvalue weighted by Crippen LogP contribution is -2.26. The third kappa shape index (κ3) is 3.90. The largest absolute Gasteiger partial charge is 0.469 e. The normalized spacial score (nSPS) is 18.2. The number of likely N-dealkylation sites (tertiary alicyclic amines) is 1. The van der Waals surface area contributed by atoms with Crippen LogP contribution in [0.25, 0.3) is 0 Å². The summed E-state index contributed by atoms with van der Waals surface area (Å²) in [6, 6.07) is 6.05. The van der Waals surface area contributed by atoms with Crippen LogP contribution >= 0.6 is 0 Å². The molecule has 1 fully saturated rings. The molecule has 21 heavy (non-hydrogen) atoms. The molecule has 0 aromatic heterocycles. The lowest BCUT2D eigenvalue weighted by molar-refractivity contribution is -0.145. The van der Waals surface area contributed by atoms with Crippen LogP contribution in [0, 0.1) is 5.92 Å². The van der Waals surface area contributed by atoms with Crippen LogP contribution < -0.4 is 4.74 Å². The number of benzene rings is 1. The molecule has 1 atom stereocenters. The lowest BCUT2D eigenvalue weighted by atomic mass is 10.1. The Morgan fingerprint density at radius 3 is 2.62 bits per heavy atom. The maximum absolute atomic E-state index is 12.0. The van der Waals surface area contributed by atoms with E-state index < -0.39 is 18.5 Å². The van der Waals surface area contributed by atoms with Crippen LogP contribution in [0.5, 0.6) is 5.75 Å². The van der Waals surface area contributed by atoms with Gasteiger partial charge in [-0.05, 0) is 17.7 Å². The number of carbonyl (C=O) groups is 2. The van der Waals surface area contributed by atoms with E-state index >= 15 is 0 Å². The number of ether oxygens (including phenoxy) is 2. The summed E-state index contributed by atoms with van der Waals surface area (Å²) >= 11 is 0. The highest BCUT2D eigenvalue weighted by molar-refractivity contribution is 5.86. The molecular weight excluding hydrogens is 284 g/mol. The molecular formula is C14H15F2NO4. The monoisotopic (exact) mass is 299 g/mol. The van der Waals surface area contributed by atoms with Crippen molar-refractivity contribution in [3.05, 3.63) is 29.8 Å². The Labute approximate surface area is 120 Å². The molecule has 0 N–H and O–H groups in total. The molecule has 2 rings (SSSR count). The van der Waals surface area contributed by atoms with Crippen molar-refractivity contribution in [2.75, 3.05) is 13.7 Å². The van der Waals surface area contributed by atoms with E-state index in [0.29, 0.717) is 13.1 Å². The standard InChI is InChI=1S/C14H15F2NO4/c1-20-13(19)10-6-12(18)17(8-10)7-9-2-4-11(5-3-9)21-14(15)16/h2-5,10,14H,6-8H2,1H3. The van der Waals surface area contributed by atoms with Gasteiger partial charge in [0.1, 0.15) is 5.75 Å². The summed E-state index contributed by atoms with van der Waals surface area (Å²) in [7, 11) is 1.29. The minimum atomic E-state index is -2.86. The minimum absolute atomic E-state index is 0.0638. The van der Waals surface area contributed by atoms with Gasteiger partial charge in [-0.1, -0.05) is 12.1 Å². The molecule has 0 aliphatic carbocycles. The number of halogens is 2. The highest BCUT2D eigenvalue weighted by Crippen LogP contribution is 2.22. The summed E-state index contributed by atoms with van der Waals surface area (Å²) in [4.78, 5) is 24.8. The number of amides is 1. The van der Waals surface area contributed by atoms with Gasteiger partial charge in [0.2, 0.25) is 5.91 Å². The van der Waals surface area contributed by atoms with Gasteiger partial charge in [-0.3, -0.25) is 9.59 Å². The summed E-state index contributed by atoms with van der Waals surface area (Å²) in [6.45, 7) is -2.24. The van der Waals surface area contributed by atoms with Gasteiger partial charge in [0.05, 0.1) is 13.0 Å². The zero-order valence-electron chi connectivity index (χ0n) is 11.4. The fourth-order valence-corrected chi connectivity index (χ4v) is 2.25. The second kappa shape index (κ2) is 6.51. The number of alkyl halides is 2. The average molecular weight is 299 g/mol. The van der Waals surface area contributed by atoms with Gasteiger partial charge in [-0.15, -0.1) is 0 Å². The van der Waals surface area contributed by atoms with E-state index in [4.69, 9.17) is 0 Å². The number of nitrogens with zero attached hydrogens (tertiary/aromatic N) is 1. The molecule has 1 aliphatic heterocycles. The first kappa shape index (κ1) is 15.2. The fraction of sp³-hybridized carbons (Fsp3) is 0.429. The molecule has 114 valence electrons. The first-order chi connectivity index (χ1) is 9.99. The van der Waals surface area contributed by atoms with E-state index in [1.165, 1.54) is 19.2 Å². The number of carbonyl (C=O) groups excluding carboxylic acids is 2. The van der Waals surface area contributed by atoms with Gasteiger partial charge in [0, 0.05) is 19.5 Å². The predicted octanol–water partition coefficient (Wildman–Crippen LogP) is 1.81. The van der Waals surface area contributed by atoms with E-state index in [1.54, 1.807) is 17.0 Å². The summed E-state index contributed by atoms with van der Waals surface area (Å²) in [5.74, 6) is -0.900. The van der Waals surface area contributed by atoms with Crippen LogP contribution in [0.1, 0.15) is 12.0 Å². The van der Waals surface area contributed by atoms with Crippen LogP contribution in [-0.2, 0) is 20.9 Å². The maximum Gasteiger partial charge on any atom is 0.387 e. The quantitative estimate of drug-likeness (QED) is 0.778. The third-order valence-electron chi connectivity index (χ3n) is 3.27. The van der Waals surface area contributed by atoms with Gasteiger partial charge in [-0.2, -0.15) is 8.78 Å². The van der Waals surface area contributed by atoms with E-state index in [0.717, 1.165) is 5.56 Å². The smallest absolute Gasteiger partial charge is 0.387 e. The van der Waals surface area contributed by atoms with Crippen LogP contribution in [0.15, 0.2) is 24.3 Å². The number of hydrogen-bond donors (Lipinski definition) is 0. The Kier molecular flexibility index (Phi) is 4.72. The Bertz CT molecular complexity index is 518. The molecule has 1 saturated heterocycles. The molecule has 5 nitrogen and oxygen atoms in total. The topological polar surface area (TPSA) is 55.8 Å². The molecule has 0 spiro atoms. The highest BCUT2D eigenvalue weighted by atomic mass is 19.3. The van der Waals surface area contributed by atoms with Crippen LogP contribution in [0.3, 0.4) is 0 Å². The van der Waals surface area contributed by atoms with Gasteiger partial charge < -0.3 is 14.4 Å². The van der Waals surface area contributed by atoms with E-state index in [2.05, 4.69) is 9.47 Å². The first-order valence-electron chi connectivity index (χ1n) is 6.39. The maximum atomic E-state index is 12.0. The number of methoxy groups -OCH3 is 1. The SMILES string of the molecule is COC(=O)C1CC(=O)N(Cc2ccc(OC(F)F)cc2)C1. The zero-order chi connectivity index (χ0) is 15.4. The van der Waals surface area contributed by atoms with Crippen molar-refractivity contribution in [1.82, 2.24) is 4.90 Å². The molecule has 1 aromatic carbocycles. The van der Waals surface area contributed by atoms with Crippen molar-refractivity contribution in [3.8, 4) is 5.75 Å². The summed E-state index contributed by atoms with van der Waals surface area (Å²) in [5, 5.41) is 0. The number of rotatable bonds is 5. The Morgan fingerprint density at radius 2 is 2.05 bits per heavy atom. The molecule has 0 radical (unpaired) electrons. The Balaban J connectivity index is 1.95. The molecule has 1 aromatic rings. The minimum Gasteiger partial charge on any atom is -0.469 e. The molecule has 1 amide bonds. The Morgan fingerprint density at radius 1 is 1.38 bits per heavy atom. The van der Waals surface area contributed by atoms with E-state index in [9.17, 15) is 18.4 Å². The van der Waals surface area contributed by atoms with Crippen molar-refractivity contribution < 1.29 is 27.8 Å².